The zero-order valence-corrected chi connectivity index (χ0v) is 10.9. The number of nitrogen functional groups attached to an aromatic ring is 1. The number of sulfonamides is 1. The molecule has 8 heteroatoms. The van der Waals surface area contributed by atoms with Crippen molar-refractivity contribution >= 4 is 33.1 Å². The van der Waals surface area contributed by atoms with Gasteiger partial charge in [0.25, 0.3) is 10.0 Å². The minimum Gasteiger partial charge on any atom is -0.398 e. The molecule has 6 nitrogen and oxygen atoms in total. The van der Waals surface area contributed by atoms with E-state index >= 15 is 0 Å². The van der Waals surface area contributed by atoms with Crippen LogP contribution in [0.5, 0.6) is 0 Å². The van der Waals surface area contributed by atoms with Crippen molar-refractivity contribution in [2.75, 3.05) is 10.5 Å². The highest BCUT2D eigenvalue weighted by atomic mass is 35.5. The molecule has 0 aliphatic carbocycles. The number of nitrogens with zero attached hydrogens (tertiary/aromatic N) is 1. The van der Waals surface area contributed by atoms with Crippen LogP contribution in [0.1, 0.15) is 5.56 Å². The number of nitrogens with one attached hydrogen (secondary N) is 1. The average Bonchev–Trinajstić information content (AvgIpc) is 2.75. The Morgan fingerprint density at radius 3 is 2.78 bits per heavy atom. The van der Waals surface area contributed by atoms with Crippen molar-refractivity contribution in [3.63, 3.8) is 0 Å². The van der Waals surface area contributed by atoms with E-state index in [-0.39, 0.29) is 15.7 Å². The standard InChI is InChI=1S/C10H10ClN3O3S/c1-6-8(12)4-7(11)5-9(6)18(15,16)14-10-2-3-17-13-10/h2-5H,12H2,1H3,(H,13,14). The van der Waals surface area contributed by atoms with E-state index < -0.39 is 10.0 Å². The van der Waals surface area contributed by atoms with Crippen LogP contribution in [0.25, 0.3) is 0 Å². The lowest BCUT2D eigenvalue weighted by molar-refractivity contribution is 0.423. The molecule has 18 heavy (non-hydrogen) atoms. The minimum atomic E-state index is -3.80. The number of halogens is 1. The molecule has 0 bridgehead atoms. The molecule has 0 unspecified atom stereocenters. The molecule has 0 radical (unpaired) electrons. The summed E-state index contributed by atoms with van der Waals surface area (Å²) in [5.41, 5.74) is 6.42. The van der Waals surface area contributed by atoms with E-state index in [1.54, 1.807) is 6.92 Å². The Labute approximate surface area is 109 Å². The average molecular weight is 288 g/mol. The van der Waals surface area contributed by atoms with Crippen LogP contribution in [-0.4, -0.2) is 13.6 Å². The maximum absolute atomic E-state index is 12.1. The van der Waals surface area contributed by atoms with Gasteiger partial charge in [-0.3, -0.25) is 4.72 Å². The van der Waals surface area contributed by atoms with Crippen LogP contribution in [0.3, 0.4) is 0 Å². The number of anilines is 2. The van der Waals surface area contributed by atoms with E-state index in [9.17, 15) is 8.42 Å². The summed E-state index contributed by atoms with van der Waals surface area (Å²) in [4.78, 5) is 0.00972. The van der Waals surface area contributed by atoms with Crippen molar-refractivity contribution < 1.29 is 12.9 Å². The Kier molecular flexibility index (Phi) is 3.18. The van der Waals surface area contributed by atoms with Gasteiger partial charge in [-0.1, -0.05) is 16.8 Å². The third kappa shape index (κ3) is 2.41. The number of nitrogens with two attached hydrogens (primary N) is 1. The van der Waals surface area contributed by atoms with E-state index in [4.69, 9.17) is 17.3 Å². The van der Waals surface area contributed by atoms with Gasteiger partial charge in [-0.15, -0.1) is 0 Å². The fourth-order valence-corrected chi connectivity index (χ4v) is 3.00. The first-order valence-corrected chi connectivity index (χ1v) is 6.75. The van der Waals surface area contributed by atoms with Gasteiger partial charge < -0.3 is 10.3 Å². The Bertz CT molecular complexity index is 668. The summed E-state index contributed by atoms with van der Waals surface area (Å²) in [5.74, 6) is 0.0907. The van der Waals surface area contributed by atoms with Gasteiger partial charge in [0.15, 0.2) is 5.82 Å². The van der Waals surface area contributed by atoms with Crippen molar-refractivity contribution in [3.05, 3.63) is 35.0 Å². The van der Waals surface area contributed by atoms with Gasteiger partial charge in [0, 0.05) is 16.8 Å². The van der Waals surface area contributed by atoms with Crippen molar-refractivity contribution in [2.45, 2.75) is 11.8 Å². The highest BCUT2D eigenvalue weighted by Crippen LogP contribution is 2.27. The maximum atomic E-state index is 12.1. The molecule has 0 saturated heterocycles. The van der Waals surface area contributed by atoms with Gasteiger partial charge >= 0.3 is 0 Å². The molecule has 0 amide bonds. The normalized spacial score (nSPS) is 11.4. The first-order valence-electron chi connectivity index (χ1n) is 4.89. The van der Waals surface area contributed by atoms with Crippen LogP contribution in [0.15, 0.2) is 33.9 Å². The van der Waals surface area contributed by atoms with Gasteiger partial charge in [-0.05, 0) is 24.6 Å². The minimum absolute atomic E-state index is 0.00972. The Hall–Kier alpha value is -1.73. The van der Waals surface area contributed by atoms with Crippen molar-refractivity contribution in [3.8, 4) is 0 Å². The zero-order chi connectivity index (χ0) is 13.3. The lowest BCUT2D eigenvalue weighted by Crippen LogP contribution is -2.15. The largest absolute Gasteiger partial charge is 0.398 e. The Morgan fingerprint density at radius 1 is 1.44 bits per heavy atom. The summed E-state index contributed by atoms with van der Waals surface area (Å²) in [6, 6.07) is 4.21. The first kappa shape index (κ1) is 12.7. The van der Waals surface area contributed by atoms with Crippen LogP contribution in [-0.2, 0) is 10.0 Å². The molecular weight excluding hydrogens is 278 g/mol. The van der Waals surface area contributed by atoms with Gasteiger partial charge in [-0.25, -0.2) is 8.42 Å². The van der Waals surface area contributed by atoms with Gasteiger partial charge in [-0.2, -0.15) is 0 Å². The highest BCUT2D eigenvalue weighted by molar-refractivity contribution is 7.92. The Morgan fingerprint density at radius 2 is 2.17 bits per heavy atom. The molecule has 1 aromatic heterocycles. The van der Waals surface area contributed by atoms with Crippen LogP contribution < -0.4 is 10.5 Å². The zero-order valence-electron chi connectivity index (χ0n) is 9.34. The predicted octanol–water partition coefficient (Wildman–Crippen LogP) is 2.02. The topological polar surface area (TPSA) is 98.2 Å². The molecule has 0 saturated carbocycles. The van der Waals surface area contributed by atoms with Gasteiger partial charge in [0.05, 0.1) is 4.90 Å². The SMILES string of the molecule is Cc1c(N)cc(Cl)cc1S(=O)(=O)Nc1ccon1. The molecule has 0 atom stereocenters. The first-order chi connectivity index (χ1) is 8.40. The van der Waals surface area contributed by atoms with E-state index in [2.05, 4.69) is 14.4 Å². The van der Waals surface area contributed by atoms with Gasteiger partial charge in [0.1, 0.15) is 6.26 Å². The summed E-state index contributed by atoms with van der Waals surface area (Å²) in [6.07, 6.45) is 1.26. The number of aromatic nitrogens is 1. The molecule has 2 aromatic rings. The smallest absolute Gasteiger partial charge is 0.263 e. The second kappa shape index (κ2) is 4.51. The van der Waals surface area contributed by atoms with E-state index in [0.717, 1.165) is 0 Å². The molecule has 1 heterocycles. The molecule has 3 N–H and O–H groups in total. The molecule has 2 rings (SSSR count). The van der Waals surface area contributed by atoms with Crippen LogP contribution in [0.4, 0.5) is 11.5 Å². The van der Waals surface area contributed by atoms with Gasteiger partial charge in [0.2, 0.25) is 0 Å². The van der Waals surface area contributed by atoms with Crippen molar-refractivity contribution in [2.24, 2.45) is 0 Å². The second-order valence-electron chi connectivity index (χ2n) is 3.61. The quantitative estimate of drug-likeness (QED) is 0.842. The Balaban J connectivity index is 2.48. The van der Waals surface area contributed by atoms with Crippen LogP contribution in [0, 0.1) is 6.92 Å². The summed E-state index contributed by atoms with van der Waals surface area (Å²) in [6.45, 7) is 1.60. The molecule has 0 fully saturated rings. The molecule has 0 spiro atoms. The van der Waals surface area contributed by atoms with E-state index in [1.807, 2.05) is 0 Å². The van der Waals surface area contributed by atoms with Crippen LogP contribution in [0.2, 0.25) is 5.02 Å². The molecule has 96 valence electrons. The molecule has 0 aliphatic heterocycles. The number of benzene rings is 1. The third-order valence-electron chi connectivity index (χ3n) is 2.33. The van der Waals surface area contributed by atoms with Crippen LogP contribution >= 0.6 is 11.6 Å². The lowest BCUT2D eigenvalue weighted by atomic mass is 10.2. The molecular formula is C10H10ClN3O3S. The fraction of sp³-hybridized carbons (Fsp3) is 0.100. The van der Waals surface area contributed by atoms with E-state index in [1.165, 1.54) is 24.5 Å². The summed E-state index contributed by atoms with van der Waals surface area (Å²) in [5, 5.41) is 3.72. The lowest BCUT2D eigenvalue weighted by Gasteiger charge is -2.10. The fourth-order valence-electron chi connectivity index (χ4n) is 1.41. The summed E-state index contributed by atoms with van der Waals surface area (Å²) < 4.78 is 31.0. The summed E-state index contributed by atoms with van der Waals surface area (Å²) >= 11 is 5.80. The van der Waals surface area contributed by atoms with Crippen molar-refractivity contribution in [1.82, 2.24) is 5.16 Å². The van der Waals surface area contributed by atoms with E-state index in [0.29, 0.717) is 11.3 Å². The predicted molar refractivity (Wildman–Crippen MR) is 67.9 cm³/mol. The number of rotatable bonds is 3. The second-order valence-corrected chi connectivity index (χ2v) is 5.70. The summed E-state index contributed by atoms with van der Waals surface area (Å²) in [7, 11) is -3.80. The third-order valence-corrected chi connectivity index (χ3v) is 4.03. The maximum Gasteiger partial charge on any atom is 0.263 e. The monoisotopic (exact) mass is 287 g/mol. The van der Waals surface area contributed by atoms with Crippen molar-refractivity contribution in [1.29, 1.82) is 0 Å². The molecule has 1 aromatic carbocycles. The number of hydrogen-bond donors (Lipinski definition) is 2. The highest BCUT2D eigenvalue weighted by Gasteiger charge is 2.20. The molecule has 0 aliphatic rings. The number of hydrogen-bond acceptors (Lipinski definition) is 5.